The second kappa shape index (κ2) is 5.28. The number of aromatic nitrogens is 5. The van der Waals surface area contributed by atoms with E-state index >= 15 is 0 Å². The maximum absolute atomic E-state index is 12.7. The highest BCUT2D eigenvalue weighted by Crippen LogP contribution is 2.29. The molecule has 3 aromatic rings. The number of H-pyrrole nitrogens is 1. The number of aromatic amines is 1. The summed E-state index contributed by atoms with van der Waals surface area (Å²) in [7, 11) is 0. The van der Waals surface area contributed by atoms with E-state index < -0.39 is 12.0 Å². The van der Waals surface area contributed by atoms with Gasteiger partial charge >= 0.3 is 6.18 Å². The number of alkyl halides is 3. The summed E-state index contributed by atoms with van der Waals surface area (Å²) < 4.78 is 38.2. The van der Waals surface area contributed by atoms with Gasteiger partial charge in [-0.1, -0.05) is 0 Å². The molecule has 0 atom stereocenters. The Hall–Kier alpha value is -2.23. The summed E-state index contributed by atoms with van der Waals surface area (Å²) in [6.07, 6.45) is -1.05. The van der Waals surface area contributed by atoms with Crippen LogP contribution in [-0.2, 0) is 12.6 Å². The van der Waals surface area contributed by atoms with Crippen molar-refractivity contribution in [3.8, 4) is 0 Å². The van der Waals surface area contributed by atoms with Crippen LogP contribution < -0.4 is 5.32 Å². The number of thiazole rings is 1. The zero-order valence-electron chi connectivity index (χ0n) is 10.5. The highest BCUT2D eigenvalue weighted by atomic mass is 32.1. The Morgan fingerprint density at radius 3 is 2.81 bits per heavy atom. The fourth-order valence-electron chi connectivity index (χ4n) is 1.75. The molecule has 3 aromatic heterocycles. The standard InChI is InChI=1S/C11H9F3N6S/c12-11(13,14)10-19-8(7-9(20-10)18-5-17-7)16-2-1-6-15-3-4-21-6/h3-5H,1-2H2,(H2,16,17,18,19,20). The van der Waals surface area contributed by atoms with Gasteiger partial charge < -0.3 is 10.3 Å². The molecule has 0 aliphatic rings. The third kappa shape index (κ3) is 2.94. The summed E-state index contributed by atoms with van der Waals surface area (Å²) in [6, 6.07) is 0. The molecule has 0 saturated carbocycles. The van der Waals surface area contributed by atoms with Crippen molar-refractivity contribution in [1.29, 1.82) is 0 Å². The summed E-state index contributed by atoms with van der Waals surface area (Å²) in [5.41, 5.74) is 0.330. The monoisotopic (exact) mass is 314 g/mol. The average Bonchev–Trinajstić information content (AvgIpc) is 3.07. The van der Waals surface area contributed by atoms with Crippen molar-refractivity contribution in [3.05, 3.63) is 28.7 Å². The summed E-state index contributed by atoms with van der Waals surface area (Å²) in [5, 5.41) is 5.61. The first-order valence-corrected chi connectivity index (χ1v) is 6.82. The number of anilines is 1. The zero-order chi connectivity index (χ0) is 14.9. The van der Waals surface area contributed by atoms with Crippen LogP contribution in [0.15, 0.2) is 17.9 Å². The minimum absolute atomic E-state index is 0.0194. The number of hydrogen-bond acceptors (Lipinski definition) is 6. The first-order chi connectivity index (χ1) is 10.0. The predicted molar refractivity (Wildman–Crippen MR) is 71.0 cm³/mol. The van der Waals surface area contributed by atoms with Crippen LogP contribution in [0.1, 0.15) is 10.8 Å². The molecule has 0 aliphatic carbocycles. The number of imidazole rings is 1. The highest BCUT2D eigenvalue weighted by molar-refractivity contribution is 7.09. The average molecular weight is 314 g/mol. The van der Waals surface area contributed by atoms with Crippen molar-refractivity contribution in [3.63, 3.8) is 0 Å². The first kappa shape index (κ1) is 13.7. The molecule has 3 rings (SSSR count). The molecule has 0 spiro atoms. The summed E-state index contributed by atoms with van der Waals surface area (Å²) >= 11 is 1.49. The van der Waals surface area contributed by atoms with Gasteiger partial charge in [-0.2, -0.15) is 13.2 Å². The van der Waals surface area contributed by atoms with Gasteiger partial charge in [0.25, 0.3) is 0 Å². The Labute approximate surface area is 120 Å². The Balaban J connectivity index is 1.84. The lowest BCUT2D eigenvalue weighted by Gasteiger charge is -2.09. The number of nitrogens with one attached hydrogen (secondary N) is 2. The van der Waals surface area contributed by atoms with Crippen LogP contribution in [0.25, 0.3) is 11.2 Å². The van der Waals surface area contributed by atoms with Crippen LogP contribution in [0, 0.1) is 0 Å². The van der Waals surface area contributed by atoms with E-state index in [2.05, 4.69) is 30.2 Å². The molecule has 0 radical (unpaired) electrons. The van der Waals surface area contributed by atoms with Crippen molar-refractivity contribution in [2.24, 2.45) is 0 Å². The minimum Gasteiger partial charge on any atom is -0.368 e. The molecule has 0 aromatic carbocycles. The number of fused-ring (bicyclic) bond motifs is 1. The molecular formula is C11H9F3N6S. The maximum Gasteiger partial charge on any atom is 0.451 e. The van der Waals surface area contributed by atoms with Crippen LogP contribution in [-0.4, -0.2) is 31.5 Å². The SMILES string of the molecule is FC(F)(F)c1nc(NCCc2nccs2)c2[nH]cnc2n1. The number of halogens is 3. The van der Waals surface area contributed by atoms with Gasteiger partial charge in [0.2, 0.25) is 5.82 Å². The lowest BCUT2D eigenvalue weighted by molar-refractivity contribution is -0.144. The fraction of sp³-hybridized carbons (Fsp3) is 0.273. The van der Waals surface area contributed by atoms with Gasteiger partial charge in [-0.3, -0.25) is 0 Å². The Bertz CT molecular complexity index is 736. The Kier molecular flexibility index (Phi) is 3.45. The molecule has 2 N–H and O–H groups in total. The lowest BCUT2D eigenvalue weighted by atomic mass is 10.4. The van der Waals surface area contributed by atoms with Crippen molar-refractivity contribution < 1.29 is 13.2 Å². The van der Waals surface area contributed by atoms with E-state index in [9.17, 15) is 13.2 Å². The summed E-state index contributed by atoms with van der Waals surface area (Å²) in [5.74, 6) is -1.12. The maximum atomic E-state index is 12.7. The van der Waals surface area contributed by atoms with Crippen LogP contribution in [0.5, 0.6) is 0 Å². The van der Waals surface area contributed by atoms with Gasteiger partial charge in [-0.25, -0.2) is 19.9 Å². The zero-order valence-corrected chi connectivity index (χ0v) is 11.3. The minimum atomic E-state index is -4.61. The molecule has 0 aliphatic heterocycles. The van der Waals surface area contributed by atoms with Crippen molar-refractivity contribution in [2.45, 2.75) is 12.6 Å². The highest BCUT2D eigenvalue weighted by Gasteiger charge is 2.36. The topological polar surface area (TPSA) is 79.4 Å². The fourth-order valence-corrected chi connectivity index (χ4v) is 2.37. The summed E-state index contributed by atoms with van der Waals surface area (Å²) in [4.78, 5) is 17.5. The number of rotatable bonds is 4. The molecule has 3 heterocycles. The molecule has 0 fully saturated rings. The van der Waals surface area contributed by atoms with Crippen molar-refractivity contribution in [2.75, 3.05) is 11.9 Å². The third-order valence-electron chi connectivity index (χ3n) is 2.65. The third-order valence-corrected chi connectivity index (χ3v) is 3.49. The van der Waals surface area contributed by atoms with E-state index in [1.165, 1.54) is 17.7 Å². The van der Waals surface area contributed by atoms with E-state index in [0.29, 0.717) is 18.5 Å². The Morgan fingerprint density at radius 2 is 2.10 bits per heavy atom. The predicted octanol–water partition coefficient (Wildman–Crippen LogP) is 2.48. The van der Waals surface area contributed by atoms with E-state index in [1.807, 2.05) is 5.38 Å². The summed E-state index contributed by atoms with van der Waals surface area (Å²) in [6.45, 7) is 0.413. The van der Waals surface area contributed by atoms with Gasteiger partial charge in [0, 0.05) is 24.5 Å². The van der Waals surface area contributed by atoms with Gasteiger partial charge in [-0.15, -0.1) is 11.3 Å². The molecule has 0 amide bonds. The molecule has 110 valence electrons. The van der Waals surface area contributed by atoms with Crippen LogP contribution in [0.4, 0.5) is 19.0 Å². The number of nitrogens with zero attached hydrogens (tertiary/aromatic N) is 4. The van der Waals surface area contributed by atoms with E-state index in [4.69, 9.17) is 0 Å². The largest absolute Gasteiger partial charge is 0.451 e. The van der Waals surface area contributed by atoms with Gasteiger partial charge in [-0.05, 0) is 0 Å². The van der Waals surface area contributed by atoms with E-state index in [1.54, 1.807) is 6.20 Å². The van der Waals surface area contributed by atoms with Gasteiger partial charge in [0.15, 0.2) is 11.5 Å². The van der Waals surface area contributed by atoms with Crippen molar-refractivity contribution >= 4 is 28.3 Å². The molecule has 10 heteroatoms. The van der Waals surface area contributed by atoms with Crippen molar-refractivity contribution in [1.82, 2.24) is 24.9 Å². The van der Waals surface area contributed by atoms with E-state index in [0.717, 1.165) is 5.01 Å². The van der Waals surface area contributed by atoms with Crippen LogP contribution >= 0.6 is 11.3 Å². The Morgan fingerprint density at radius 1 is 1.24 bits per heavy atom. The normalized spacial score (nSPS) is 12.0. The van der Waals surface area contributed by atoms with E-state index in [-0.39, 0.29) is 11.5 Å². The second-order valence-electron chi connectivity index (χ2n) is 4.10. The molecule has 0 saturated heterocycles. The van der Waals surface area contributed by atoms with Gasteiger partial charge in [0.05, 0.1) is 11.3 Å². The number of hydrogen-bond donors (Lipinski definition) is 2. The van der Waals surface area contributed by atoms with Gasteiger partial charge in [0.1, 0.15) is 5.52 Å². The second-order valence-corrected chi connectivity index (χ2v) is 5.08. The van der Waals surface area contributed by atoms with Crippen LogP contribution in [0.3, 0.4) is 0 Å². The molecule has 21 heavy (non-hydrogen) atoms. The molecule has 0 unspecified atom stereocenters. The molecule has 0 bridgehead atoms. The lowest BCUT2D eigenvalue weighted by Crippen LogP contribution is -2.14. The molecular weight excluding hydrogens is 305 g/mol. The van der Waals surface area contributed by atoms with Crippen LogP contribution in [0.2, 0.25) is 0 Å². The smallest absolute Gasteiger partial charge is 0.368 e. The first-order valence-electron chi connectivity index (χ1n) is 5.94. The molecule has 6 nitrogen and oxygen atoms in total. The quantitative estimate of drug-likeness (QED) is 0.773.